The first-order valence-corrected chi connectivity index (χ1v) is 41.5. The number of aromatic nitrogens is 3. The van der Waals surface area contributed by atoms with Crippen molar-refractivity contribution >= 4 is 131 Å². The fraction of sp³-hybridized carbons (Fsp3) is 0.589. The summed E-state index contributed by atoms with van der Waals surface area (Å²) in [7, 11) is 0. The molecule has 36 heteroatoms. The predicted molar refractivity (Wildman–Crippen MR) is 499 cm³/mol. The van der Waals surface area contributed by atoms with Crippen LogP contribution in [-0.4, -0.2) is 217 Å². The smallest absolute Gasteiger partial charge is 0.411 e. The van der Waals surface area contributed by atoms with Gasteiger partial charge in [0.05, 0.1) is 57.8 Å². The molecule has 12 atom stereocenters. The second kappa shape index (κ2) is 51.0. The Hall–Kier alpha value is -9.33. The van der Waals surface area contributed by atoms with Crippen LogP contribution in [0.3, 0.4) is 0 Å². The highest BCUT2D eigenvalue weighted by Crippen LogP contribution is 2.62. The number of pyridine rings is 3. The van der Waals surface area contributed by atoms with Gasteiger partial charge in [-0.2, -0.15) is 0 Å². The van der Waals surface area contributed by atoms with Gasteiger partial charge in [0.25, 0.3) is 0 Å². The number of carbonyl (C=O) groups is 12. The van der Waals surface area contributed by atoms with Crippen LogP contribution in [0.15, 0.2) is 113 Å². The van der Waals surface area contributed by atoms with Gasteiger partial charge in [-0.1, -0.05) is 107 Å². The molecule has 10 N–H and O–H groups in total. The lowest BCUT2D eigenvalue weighted by Gasteiger charge is -2.30. The van der Waals surface area contributed by atoms with E-state index in [4.69, 9.17) is 39.3 Å². The zero-order chi connectivity index (χ0) is 88.3. The van der Waals surface area contributed by atoms with Gasteiger partial charge in [0.15, 0.2) is 5.78 Å². The molecule has 3 aliphatic carbocycles. The Morgan fingerprint density at radius 2 is 1.11 bits per heavy atom. The summed E-state index contributed by atoms with van der Waals surface area (Å²) in [5, 5.41) is 27.7. The highest BCUT2D eigenvalue weighted by Gasteiger charge is 2.70. The van der Waals surface area contributed by atoms with Crippen molar-refractivity contribution in [2.75, 3.05) is 50.1 Å². The largest absolute Gasteiger partial charge is 0.480 e. The van der Waals surface area contributed by atoms with Crippen molar-refractivity contribution < 1.29 is 91.1 Å². The molecular formula is C90H141Br3N14O19. The molecule has 126 heavy (non-hydrogen) atoms. The molecule has 706 valence electrons. The van der Waals surface area contributed by atoms with Crippen LogP contribution in [0.5, 0.6) is 0 Å². The molecule has 4 aliphatic heterocycles. The topological polar surface area (TPSA) is 439 Å². The molecule has 3 saturated heterocycles. The summed E-state index contributed by atoms with van der Waals surface area (Å²) in [6, 6.07) is 5.69. The number of rotatable bonds is 25. The Labute approximate surface area is 771 Å². The molecule has 1 spiro atoms. The van der Waals surface area contributed by atoms with Gasteiger partial charge in [-0.15, -0.1) is 26.3 Å². The van der Waals surface area contributed by atoms with Gasteiger partial charge in [-0.25, -0.2) is 34.1 Å². The minimum Gasteiger partial charge on any atom is -0.480 e. The molecule has 3 aromatic heterocycles. The van der Waals surface area contributed by atoms with E-state index in [2.05, 4.69) is 126 Å². The normalized spacial score (nSPS) is 22.3. The minimum absolute atomic E-state index is 0. The zero-order valence-corrected chi connectivity index (χ0v) is 74.3. The average molecular weight is 1960 g/mol. The van der Waals surface area contributed by atoms with E-state index in [1.165, 1.54) is 36.6 Å². The van der Waals surface area contributed by atoms with Gasteiger partial charge >= 0.3 is 24.2 Å². The minimum atomic E-state index is -1.04. The van der Waals surface area contributed by atoms with E-state index >= 15 is 0 Å². The Morgan fingerprint density at radius 3 is 1.65 bits per heavy atom. The Bertz CT molecular complexity index is 4320. The molecule has 0 aromatic carbocycles. The van der Waals surface area contributed by atoms with Gasteiger partial charge in [-0.05, 0) is 192 Å². The number of halogens is 3. The number of carboxylic acids is 1. The first-order valence-electron chi connectivity index (χ1n) is 39.1. The van der Waals surface area contributed by atoms with Crippen molar-refractivity contribution in [2.45, 2.75) is 290 Å². The second-order valence-electron chi connectivity index (χ2n) is 33.3. The highest BCUT2D eigenvalue weighted by molar-refractivity contribution is 9.11. The van der Waals surface area contributed by atoms with Crippen LogP contribution in [0.25, 0.3) is 0 Å². The number of amides is 10. The lowest BCUT2D eigenvalue weighted by atomic mass is 9.95. The van der Waals surface area contributed by atoms with Crippen molar-refractivity contribution in [1.29, 1.82) is 0 Å². The number of fused-ring (bicyclic) bond motifs is 4. The third-order valence-corrected chi connectivity index (χ3v) is 21.6. The highest BCUT2D eigenvalue weighted by atomic mass is 79.9. The number of nitrogens with two attached hydrogens (primary N) is 1. The summed E-state index contributed by atoms with van der Waals surface area (Å²) < 4.78 is 35.4. The standard InChI is InChI=1S/C28H38BrN5O6.C26H34BrN5O6.C22H30BrN3O4.C7H11NO3.7CH4/c1-7-9-19(31-17(3)35)24(36)30-16-28-13-20(34(21(28)14-28)26(38)40-27(4,5)6)25(37)33-23-18(15-39-12-8-2)10-11-22(29)32-23;1-15(33)29-17-7-5-6-10-37-13-16-8-9-20(27)30-21(16)31-23(35)18-11-26(14-28-22(17)34)12-19(26)32(18)24(36)38-25(2,3)4;1-5-8-29-12-14-6-7-19(23)25-15(14)9-17(27)16-10-22(13-24)11-18(22)26(16)20(28)30-21(2,3)4;1-3-4-6(7(10)11)8-5(2)9;;;;;;;/h7-8,10-11,19-21H,1-2,9,12-16H2,3-6H3,(H,30,36)(H,31,35)(H,32,33,37);5-6,8-9,17-19H,7,10-14H2,1-4H3,(H,28,34)(H,29,33)(H,30,31,35);5-7,16,18H,1,8-13,24H2,2-4H3;3,6H,1,4H2,2H3,(H,8,9)(H,10,11);7*1H4/t19-,20-,21+,28-;17-,18-,19+,26-;16-,18+,22-;6-;;;;;;;/m0000......./s1. The lowest BCUT2D eigenvalue weighted by molar-refractivity contribution is -0.141. The molecule has 3 saturated carbocycles. The maximum absolute atomic E-state index is 13.6. The Kier molecular flexibility index (Phi) is 47.2. The van der Waals surface area contributed by atoms with Crippen LogP contribution in [0, 0.1) is 16.2 Å². The number of carboxylic acid groups (broad SMARTS) is 1. The summed E-state index contributed by atoms with van der Waals surface area (Å²) in [4.78, 5) is 168. The van der Waals surface area contributed by atoms with Crippen LogP contribution in [-0.2, 0) is 97.8 Å². The number of aliphatic carboxylic acids is 1. The van der Waals surface area contributed by atoms with Crippen molar-refractivity contribution in [2.24, 2.45) is 22.0 Å². The third-order valence-electron chi connectivity index (χ3n) is 20.3. The molecule has 0 radical (unpaired) electrons. The molecule has 6 fully saturated rings. The number of nitrogens with zero attached hydrogens (tertiary/aromatic N) is 6. The van der Waals surface area contributed by atoms with Gasteiger partial charge in [-0.3, -0.25) is 53.1 Å². The average Bonchev–Trinajstić information content (AvgIpc) is 1.55. The predicted octanol–water partition coefficient (Wildman–Crippen LogP) is 14.1. The summed E-state index contributed by atoms with van der Waals surface area (Å²) in [6.07, 6.45) is 12.5. The van der Waals surface area contributed by atoms with Crippen molar-refractivity contribution in [1.82, 2.24) is 56.2 Å². The molecule has 10 amide bonds. The third kappa shape index (κ3) is 33.4. The van der Waals surface area contributed by atoms with Gasteiger partial charge < -0.3 is 76.5 Å². The fourth-order valence-corrected chi connectivity index (χ4v) is 15.5. The first kappa shape index (κ1) is 117. The van der Waals surface area contributed by atoms with E-state index in [9.17, 15) is 57.5 Å². The monoisotopic (exact) mass is 1960 g/mol. The van der Waals surface area contributed by atoms with E-state index < -0.39 is 94.0 Å². The van der Waals surface area contributed by atoms with Crippen LogP contribution >= 0.6 is 47.8 Å². The summed E-state index contributed by atoms with van der Waals surface area (Å²) in [5.74, 6) is -2.91. The summed E-state index contributed by atoms with van der Waals surface area (Å²) in [5.41, 5.74) is 5.56. The van der Waals surface area contributed by atoms with E-state index in [0.29, 0.717) is 107 Å². The number of Topliss-reactive ketones (excluding diaryl/α,β-unsaturated/α-hetero) is 1. The van der Waals surface area contributed by atoms with Gasteiger partial charge in [0.1, 0.15) is 72.5 Å². The number of nitrogens with one attached hydrogen (secondary N) is 7. The number of hydrogen-bond donors (Lipinski definition) is 9. The number of ether oxygens (including phenoxy) is 6. The van der Waals surface area contributed by atoms with Crippen LogP contribution in [0.1, 0.15) is 215 Å². The zero-order valence-electron chi connectivity index (χ0n) is 69.6. The number of anilines is 2. The van der Waals surface area contributed by atoms with Crippen LogP contribution in [0.4, 0.5) is 26.0 Å². The van der Waals surface area contributed by atoms with E-state index in [1.54, 1.807) is 101 Å². The first-order chi connectivity index (χ1) is 55.9. The van der Waals surface area contributed by atoms with E-state index in [0.717, 1.165) is 12.0 Å². The quantitative estimate of drug-likeness (QED) is 0.0165. The number of likely N-dealkylation sites (tertiary alicyclic amines) is 3. The molecular weight excluding hydrogens is 1820 g/mol. The SMILES string of the molecule is C.C.C.C.C.C.C.C=CCOCc1ccc(Br)nc1CC(=O)[C@@H]1C[C@@]2(CN)C[C@H]2N1C(=O)OC(C)(C)C.C=CCOCc1ccc(Br)nc1NC(=O)[C@@H]1C[C@@]2(CNC(=O)[C@H](CC=C)NC(C)=O)C[C@H]2N1C(=O)OC(C)(C)C.C=CC[C@H](NC(C)=O)C(=O)O.CC(=O)N[C@H]1CC=CCOCc2ccc(Br)nc2NC(=O)[C@@H]2C[C@@]3(CNC1=O)C[C@H]3N2C(=O)OC(C)(C)C. The lowest BCUT2D eigenvalue weighted by Crippen LogP contribution is -2.47. The molecule has 10 rings (SSSR count). The number of ketones is 1. The molecule has 3 aromatic rings. The van der Waals surface area contributed by atoms with Crippen LogP contribution < -0.4 is 43.0 Å². The van der Waals surface area contributed by atoms with Crippen molar-refractivity contribution in [3.8, 4) is 0 Å². The summed E-state index contributed by atoms with van der Waals surface area (Å²) in [6.45, 7) is 37.1. The Balaban J connectivity index is 0.00000172. The van der Waals surface area contributed by atoms with Crippen molar-refractivity contribution in [3.63, 3.8) is 0 Å². The molecule has 33 nitrogen and oxygen atoms in total. The molecule has 2 bridgehead atoms. The fourth-order valence-electron chi connectivity index (χ4n) is 14.6. The second-order valence-corrected chi connectivity index (χ2v) is 35.8. The Morgan fingerprint density at radius 1 is 0.611 bits per heavy atom. The number of piperidine rings is 3. The molecule has 7 heterocycles. The van der Waals surface area contributed by atoms with Gasteiger partial charge in [0, 0.05) is 85.9 Å². The van der Waals surface area contributed by atoms with E-state index in [-0.39, 0.29) is 169 Å². The molecule has 7 aliphatic rings. The maximum atomic E-state index is 13.6. The van der Waals surface area contributed by atoms with E-state index in [1.807, 2.05) is 32.9 Å². The van der Waals surface area contributed by atoms with Crippen molar-refractivity contribution in [3.05, 3.63) is 135 Å². The van der Waals surface area contributed by atoms with Crippen LogP contribution in [0.2, 0.25) is 0 Å². The number of hydrogen-bond acceptors (Lipinski definition) is 22. The number of carbonyl (C=O) groups excluding carboxylic acids is 11. The van der Waals surface area contributed by atoms with Gasteiger partial charge in [0.2, 0.25) is 41.4 Å². The summed E-state index contributed by atoms with van der Waals surface area (Å²) >= 11 is 10.1. The maximum Gasteiger partial charge on any atom is 0.411 e. The molecule has 0 unspecified atom stereocenters.